The summed E-state index contributed by atoms with van der Waals surface area (Å²) >= 11 is 0. The van der Waals surface area contributed by atoms with Gasteiger partial charge in [0.25, 0.3) is 0 Å². The number of para-hydroxylation sites is 1. The van der Waals surface area contributed by atoms with E-state index in [0.717, 1.165) is 0 Å². The second-order valence-corrected chi connectivity index (χ2v) is 5.99. The molecule has 0 bridgehead atoms. The van der Waals surface area contributed by atoms with Crippen LogP contribution >= 0.6 is 0 Å². The van der Waals surface area contributed by atoms with Crippen molar-refractivity contribution in [2.24, 2.45) is 5.92 Å². The maximum Gasteiger partial charge on any atom is 0.229 e. The van der Waals surface area contributed by atoms with Crippen LogP contribution in [0, 0.1) is 5.92 Å². The lowest BCUT2D eigenvalue weighted by Gasteiger charge is -2.17. The molecule has 1 heterocycles. The molecule has 3 rings (SSSR count). The Morgan fingerprint density at radius 2 is 1.72 bits per heavy atom. The van der Waals surface area contributed by atoms with Crippen molar-refractivity contribution in [3.8, 4) is 0 Å². The van der Waals surface area contributed by atoms with E-state index in [0.29, 0.717) is 23.6 Å². The summed E-state index contributed by atoms with van der Waals surface area (Å²) < 4.78 is 0. The third kappa shape index (κ3) is 4.03. The fourth-order valence-electron chi connectivity index (χ4n) is 2.85. The van der Waals surface area contributed by atoms with Gasteiger partial charge in [-0.25, -0.2) is 0 Å². The average molecular weight is 337 g/mol. The van der Waals surface area contributed by atoms with Gasteiger partial charge in [0.2, 0.25) is 17.7 Å². The Balaban J connectivity index is 1.70. The highest BCUT2D eigenvalue weighted by Crippen LogP contribution is 2.28. The zero-order valence-electron chi connectivity index (χ0n) is 13.9. The Kier molecular flexibility index (Phi) is 4.79. The van der Waals surface area contributed by atoms with Crippen molar-refractivity contribution in [2.75, 3.05) is 22.1 Å². The van der Waals surface area contributed by atoms with E-state index in [1.807, 2.05) is 30.3 Å². The highest BCUT2D eigenvalue weighted by molar-refractivity contribution is 6.04. The molecule has 128 valence electrons. The van der Waals surface area contributed by atoms with E-state index < -0.39 is 5.92 Å². The minimum Gasteiger partial charge on any atom is -0.326 e. The number of carbonyl (C=O) groups is 3. The van der Waals surface area contributed by atoms with Crippen LogP contribution < -0.4 is 15.5 Å². The number of nitrogens with zero attached hydrogens (tertiary/aromatic N) is 1. The van der Waals surface area contributed by atoms with Crippen LogP contribution in [0.1, 0.15) is 13.3 Å². The Bertz CT molecular complexity index is 805. The quantitative estimate of drug-likeness (QED) is 0.900. The van der Waals surface area contributed by atoms with Crippen molar-refractivity contribution in [3.63, 3.8) is 0 Å². The molecule has 0 aromatic heterocycles. The monoisotopic (exact) mass is 337 g/mol. The molecule has 25 heavy (non-hydrogen) atoms. The lowest BCUT2D eigenvalue weighted by atomic mass is 10.1. The van der Waals surface area contributed by atoms with Crippen molar-refractivity contribution in [2.45, 2.75) is 13.3 Å². The number of carbonyl (C=O) groups excluding carboxylic acids is 3. The lowest BCUT2D eigenvalue weighted by molar-refractivity contribution is -0.122. The number of anilines is 3. The minimum atomic E-state index is -0.405. The number of amides is 3. The normalized spacial score (nSPS) is 16.6. The highest BCUT2D eigenvalue weighted by atomic mass is 16.2. The summed E-state index contributed by atoms with van der Waals surface area (Å²) in [4.78, 5) is 37.5. The Hall–Kier alpha value is -3.15. The zero-order chi connectivity index (χ0) is 17.8. The standard InChI is InChI=1S/C19H19N3O3/c1-13(23)20-16-8-5-9-17(11-16)22-12-14(10-18(22)24)19(25)21-15-6-3-2-4-7-15/h2-9,11,14H,10,12H2,1H3,(H,20,23)(H,21,25)/t14-/m1/s1. The largest absolute Gasteiger partial charge is 0.326 e. The minimum absolute atomic E-state index is 0.104. The van der Waals surface area contributed by atoms with E-state index in [-0.39, 0.29) is 24.1 Å². The first-order valence-electron chi connectivity index (χ1n) is 8.07. The molecule has 0 aliphatic carbocycles. The topological polar surface area (TPSA) is 78.5 Å². The lowest BCUT2D eigenvalue weighted by Crippen LogP contribution is -2.28. The summed E-state index contributed by atoms with van der Waals surface area (Å²) in [7, 11) is 0. The molecule has 1 aliphatic rings. The molecule has 2 aromatic rings. The van der Waals surface area contributed by atoms with Crippen molar-refractivity contribution >= 4 is 34.8 Å². The third-order valence-electron chi connectivity index (χ3n) is 4.02. The predicted molar refractivity (Wildman–Crippen MR) is 96.3 cm³/mol. The van der Waals surface area contributed by atoms with Gasteiger partial charge in [0.05, 0.1) is 5.92 Å². The average Bonchev–Trinajstić information content (AvgIpc) is 2.97. The Morgan fingerprint density at radius 1 is 1.00 bits per heavy atom. The molecule has 0 radical (unpaired) electrons. The third-order valence-corrected chi connectivity index (χ3v) is 4.02. The Morgan fingerprint density at radius 3 is 2.44 bits per heavy atom. The molecule has 3 amide bonds. The number of benzene rings is 2. The predicted octanol–water partition coefficient (Wildman–Crippen LogP) is 2.64. The van der Waals surface area contributed by atoms with Crippen LogP contribution in [-0.2, 0) is 14.4 Å². The van der Waals surface area contributed by atoms with E-state index in [1.165, 1.54) is 6.92 Å². The van der Waals surface area contributed by atoms with Gasteiger partial charge in [-0.15, -0.1) is 0 Å². The van der Waals surface area contributed by atoms with Crippen molar-refractivity contribution in [1.29, 1.82) is 0 Å². The second-order valence-electron chi connectivity index (χ2n) is 5.99. The van der Waals surface area contributed by atoms with E-state index in [9.17, 15) is 14.4 Å². The molecule has 6 nitrogen and oxygen atoms in total. The first-order valence-corrected chi connectivity index (χ1v) is 8.07. The van der Waals surface area contributed by atoms with E-state index in [2.05, 4.69) is 10.6 Å². The van der Waals surface area contributed by atoms with Crippen LogP contribution in [0.25, 0.3) is 0 Å². The smallest absolute Gasteiger partial charge is 0.229 e. The summed E-state index contributed by atoms with van der Waals surface area (Å²) in [5.41, 5.74) is 2.01. The van der Waals surface area contributed by atoms with Gasteiger partial charge in [-0.05, 0) is 30.3 Å². The molecule has 0 unspecified atom stereocenters. The van der Waals surface area contributed by atoms with Crippen LogP contribution in [0.4, 0.5) is 17.1 Å². The maximum absolute atomic E-state index is 12.4. The van der Waals surface area contributed by atoms with Crippen LogP contribution in [0.15, 0.2) is 54.6 Å². The number of hydrogen-bond donors (Lipinski definition) is 2. The van der Waals surface area contributed by atoms with Gasteiger partial charge in [0, 0.05) is 37.0 Å². The molecule has 1 atom stereocenters. The number of hydrogen-bond acceptors (Lipinski definition) is 3. The van der Waals surface area contributed by atoms with Crippen LogP contribution in [0.3, 0.4) is 0 Å². The molecular formula is C19H19N3O3. The molecule has 1 aliphatic heterocycles. The summed E-state index contributed by atoms with van der Waals surface area (Å²) in [6, 6.07) is 16.2. The van der Waals surface area contributed by atoms with Gasteiger partial charge in [-0.1, -0.05) is 24.3 Å². The fraction of sp³-hybridized carbons (Fsp3) is 0.211. The zero-order valence-corrected chi connectivity index (χ0v) is 13.9. The number of nitrogens with one attached hydrogen (secondary N) is 2. The van der Waals surface area contributed by atoms with Gasteiger partial charge < -0.3 is 15.5 Å². The molecule has 0 saturated carbocycles. The molecule has 2 aromatic carbocycles. The molecule has 2 N–H and O–H groups in total. The second kappa shape index (κ2) is 7.17. The molecule has 1 fully saturated rings. The SMILES string of the molecule is CC(=O)Nc1cccc(N2C[C@H](C(=O)Nc3ccccc3)CC2=O)c1. The van der Waals surface area contributed by atoms with Crippen molar-refractivity contribution in [3.05, 3.63) is 54.6 Å². The van der Waals surface area contributed by atoms with E-state index in [1.54, 1.807) is 29.2 Å². The first kappa shape index (κ1) is 16.7. The van der Waals surface area contributed by atoms with E-state index in [4.69, 9.17) is 0 Å². The van der Waals surface area contributed by atoms with Gasteiger partial charge in [-0.2, -0.15) is 0 Å². The molecule has 6 heteroatoms. The summed E-state index contributed by atoms with van der Waals surface area (Å²) in [5, 5.41) is 5.53. The van der Waals surface area contributed by atoms with Crippen LogP contribution in [0.5, 0.6) is 0 Å². The van der Waals surface area contributed by atoms with Crippen molar-refractivity contribution in [1.82, 2.24) is 0 Å². The highest BCUT2D eigenvalue weighted by Gasteiger charge is 2.35. The Labute approximate surface area is 145 Å². The summed E-state index contributed by atoms with van der Waals surface area (Å²) in [6.45, 7) is 1.75. The summed E-state index contributed by atoms with van der Waals surface area (Å²) in [6.07, 6.45) is 0.170. The molecule has 1 saturated heterocycles. The van der Waals surface area contributed by atoms with Gasteiger partial charge >= 0.3 is 0 Å². The molecular weight excluding hydrogens is 318 g/mol. The first-order chi connectivity index (χ1) is 12.0. The van der Waals surface area contributed by atoms with E-state index >= 15 is 0 Å². The van der Waals surface area contributed by atoms with Gasteiger partial charge in [0.15, 0.2) is 0 Å². The molecule has 0 spiro atoms. The fourth-order valence-corrected chi connectivity index (χ4v) is 2.85. The summed E-state index contributed by atoms with van der Waals surface area (Å²) in [5.74, 6) is -0.851. The maximum atomic E-state index is 12.4. The van der Waals surface area contributed by atoms with Gasteiger partial charge in [0.1, 0.15) is 0 Å². The van der Waals surface area contributed by atoms with Gasteiger partial charge in [-0.3, -0.25) is 14.4 Å². The van der Waals surface area contributed by atoms with Crippen molar-refractivity contribution < 1.29 is 14.4 Å². The van der Waals surface area contributed by atoms with Crippen LogP contribution in [0.2, 0.25) is 0 Å². The van der Waals surface area contributed by atoms with Crippen LogP contribution in [-0.4, -0.2) is 24.3 Å². The number of rotatable bonds is 4.